The van der Waals surface area contributed by atoms with E-state index >= 15 is 0 Å². The molecule has 0 aliphatic heterocycles. The zero-order valence-corrected chi connectivity index (χ0v) is 15.1. The molecular weight excluding hydrogens is 286 g/mol. The highest BCUT2D eigenvalue weighted by Crippen LogP contribution is 2.37. The Morgan fingerprint density at radius 3 is 2.57 bits per heavy atom. The summed E-state index contributed by atoms with van der Waals surface area (Å²) in [4.78, 5) is 11.2. The van der Waals surface area contributed by atoms with Crippen molar-refractivity contribution in [1.82, 2.24) is 0 Å². The summed E-state index contributed by atoms with van der Waals surface area (Å²) in [5.41, 5.74) is 3.30. The second-order valence-electron chi connectivity index (χ2n) is 6.50. The molecule has 0 radical (unpaired) electrons. The van der Waals surface area contributed by atoms with E-state index in [1.54, 1.807) is 6.07 Å². The summed E-state index contributed by atoms with van der Waals surface area (Å²) < 4.78 is 0. The summed E-state index contributed by atoms with van der Waals surface area (Å²) in [5, 5.41) is 13.6. The van der Waals surface area contributed by atoms with E-state index in [9.17, 15) is 10.0 Å². The van der Waals surface area contributed by atoms with Crippen molar-refractivity contribution in [3.63, 3.8) is 0 Å². The van der Waals surface area contributed by atoms with Gasteiger partial charge in [-0.05, 0) is 49.1 Å². The lowest BCUT2D eigenvalue weighted by atomic mass is 9.93. The fourth-order valence-corrected chi connectivity index (χ4v) is 3.11. The molecule has 0 fully saturated rings. The van der Waals surface area contributed by atoms with Crippen LogP contribution in [0, 0.1) is 4.91 Å². The number of aromatic hydroxyl groups is 1. The molecule has 0 amide bonds. The Labute approximate surface area is 140 Å². The largest absolute Gasteiger partial charge is 0.508 e. The van der Waals surface area contributed by atoms with Crippen molar-refractivity contribution in [2.45, 2.75) is 78.6 Å². The Hall–Kier alpha value is -1.64. The van der Waals surface area contributed by atoms with Crippen LogP contribution in [0.1, 0.15) is 83.3 Å². The first-order valence-electron chi connectivity index (χ1n) is 8.89. The Balaban J connectivity index is 2.96. The summed E-state index contributed by atoms with van der Waals surface area (Å²) in [6.45, 7) is 8.42. The van der Waals surface area contributed by atoms with Gasteiger partial charge in [-0.25, -0.2) is 0 Å². The Morgan fingerprint density at radius 1 is 1.22 bits per heavy atom. The minimum atomic E-state index is -0.0107. The van der Waals surface area contributed by atoms with E-state index in [0.29, 0.717) is 11.3 Å². The van der Waals surface area contributed by atoms with E-state index in [0.717, 1.165) is 31.2 Å². The van der Waals surface area contributed by atoms with Crippen molar-refractivity contribution in [2.75, 3.05) is 0 Å². The lowest BCUT2D eigenvalue weighted by molar-refractivity contribution is 0.466. The molecule has 1 aromatic carbocycles. The van der Waals surface area contributed by atoms with E-state index < -0.39 is 0 Å². The van der Waals surface area contributed by atoms with Gasteiger partial charge in [-0.2, -0.15) is 0 Å². The van der Waals surface area contributed by atoms with Crippen LogP contribution in [0.15, 0.2) is 29.0 Å². The van der Waals surface area contributed by atoms with Crippen LogP contribution in [-0.2, 0) is 6.42 Å². The van der Waals surface area contributed by atoms with E-state index in [4.69, 9.17) is 0 Å². The number of nitrogens with zero attached hydrogens (tertiary/aromatic N) is 1. The van der Waals surface area contributed by atoms with E-state index in [1.165, 1.54) is 24.8 Å². The molecule has 1 N–H and O–H groups in total. The van der Waals surface area contributed by atoms with Crippen LogP contribution < -0.4 is 0 Å². The predicted octanol–water partition coefficient (Wildman–Crippen LogP) is 6.76. The molecule has 23 heavy (non-hydrogen) atoms. The number of allylic oxidation sites excluding steroid dienone is 2. The SMILES string of the molecule is CCCCCCc1cc(O)c([C@@H](C)/C=C(/C)CCC)c(N=O)c1. The minimum Gasteiger partial charge on any atom is -0.508 e. The van der Waals surface area contributed by atoms with Gasteiger partial charge in [0.25, 0.3) is 0 Å². The van der Waals surface area contributed by atoms with Gasteiger partial charge in [-0.15, -0.1) is 4.91 Å². The number of hydrogen-bond acceptors (Lipinski definition) is 3. The number of aryl methyl sites for hydroxylation is 1. The molecule has 0 aromatic heterocycles. The van der Waals surface area contributed by atoms with E-state index in [2.05, 4.69) is 32.0 Å². The zero-order valence-electron chi connectivity index (χ0n) is 15.1. The summed E-state index contributed by atoms with van der Waals surface area (Å²) in [6.07, 6.45) is 9.81. The quantitative estimate of drug-likeness (QED) is 0.294. The first-order chi connectivity index (χ1) is 11.0. The molecule has 0 aliphatic carbocycles. The van der Waals surface area contributed by atoms with Crippen molar-refractivity contribution in [1.29, 1.82) is 0 Å². The molecule has 128 valence electrons. The van der Waals surface area contributed by atoms with E-state index in [1.807, 2.05) is 13.0 Å². The van der Waals surface area contributed by atoms with Crippen LogP contribution in [0.3, 0.4) is 0 Å². The van der Waals surface area contributed by atoms with Crippen LogP contribution in [0.2, 0.25) is 0 Å². The lowest BCUT2D eigenvalue weighted by Gasteiger charge is -2.14. The third-order valence-electron chi connectivity index (χ3n) is 4.25. The number of benzene rings is 1. The fourth-order valence-electron chi connectivity index (χ4n) is 3.11. The molecule has 0 spiro atoms. The number of rotatable bonds is 10. The standard InChI is InChI=1S/C20H31NO2/c1-5-7-8-9-11-17-13-18(21-23)20(19(22)14-17)16(4)12-15(3)10-6-2/h12-14,16,22H,5-11H2,1-4H3/b15-12-/t16-/m0/s1. The number of phenolic OH excluding ortho intramolecular Hbond substituents is 1. The van der Waals surface area contributed by atoms with Gasteiger partial charge in [0.2, 0.25) is 0 Å². The Morgan fingerprint density at radius 2 is 1.96 bits per heavy atom. The molecule has 0 bridgehead atoms. The van der Waals surface area contributed by atoms with Gasteiger partial charge in [-0.3, -0.25) is 0 Å². The normalized spacial score (nSPS) is 13.1. The Kier molecular flexibility index (Phi) is 8.60. The average Bonchev–Trinajstić information content (AvgIpc) is 2.50. The topological polar surface area (TPSA) is 49.7 Å². The summed E-state index contributed by atoms with van der Waals surface area (Å²) in [5.74, 6) is 0.184. The van der Waals surface area contributed by atoms with Gasteiger partial charge >= 0.3 is 0 Å². The Bertz CT molecular complexity index is 535. The summed E-state index contributed by atoms with van der Waals surface area (Å²) in [7, 11) is 0. The molecule has 0 unspecified atom stereocenters. The zero-order chi connectivity index (χ0) is 17.2. The summed E-state index contributed by atoms with van der Waals surface area (Å²) in [6, 6.07) is 3.64. The molecule has 3 nitrogen and oxygen atoms in total. The molecular formula is C20H31NO2. The number of hydrogen-bond donors (Lipinski definition) is 1. The van der Waals surface area contributed by atoms with Crippen molar-refractivity contribution in [3.8, 4) is 5.75 Å². The van der Waals surface area contributed by atoms with Crippen LogP contribution in [-0.4, -0.2) is 5.11 Å². The highest BCUT2D eigenvalue weighted by Gasteiger charge is 2.16. The van der Waals surface area contributed by atoms with Crippen LogP contribution in [0.5, 0.6) is 5.75 Å². The van der Waals surface area contributed by atoms with Crippen molar-refractivity contribution in [3.05, 3.63) is 39.8 Å². The number of phenols is 1. The number of nitroso groups, excluding NO2 is 1. The van der Waals surface area contributed by atoms with Crippen molar-refractivity contribution < 1.29 is 5.11 Å². The van der Waals surface area contributed by atoms with Crippen LogP contribution in [0.4, 0.5) is 5.69 Å². The predicted molar refractivity (Wildman–Crippen MR) is 98.5 cm³/mol. The maximum Gasteiger partial charge on any atom is 0.121 e. The maximum atomic E-state index is 11.2. The lowest BCUT2D eigenvalue weighted by Crippen LogP contribution is -1.95. The van der Waals surface area contributed by atoms with Crippen molar-refractivity contribution >= 4 is 5.69 Å². The van der Waals surface area contributed by atoms with E-state index in [-0.39, 0.29) is 11.7 Å². The van der Waals surface area contributed by atoms with Gasteiger partial charge < -0.3 is 5.11 Å². The molecule has 0 saturated carbocycles. The smallest absolute Gasteiger partial charge is 0.121 e. The van der Waals surface area contributed by atoms with Gasteiger partial charge in [0, 0.05) is 11.5 Å². The highest BCUT2D eigenvalue weighted by molar-refractivity contribution is 5.58. The second kappa shape index (κ2) is 10.2. The number of unbranched alkanes of at least 4 members (excludes halogenated alkanes) is 3. The third kappa shape index (κ3) is 6.17. The van der Waals surface area contributed by atoms with Gasteiger partial charge in [0.1, 0.15) is 11.4 Å². The highest BCUT2D eigenvalue weighted by atomic mass is 16.3. The van der Waals surface area contributed by atoms with Gasteiger partial charge in [-0.1, -0.05) is 58.1 Å². The van der Waals surface area contributed by atoms with Crippen LogP contribution >= 0.6 is 0 Å². The van der Waals surface area contributed by atoms with Crippen LogP contribution in [0.25, 0.3) is 0 Å². The molecule has 0 aliphatic rings. The first-order valence-corrected chi connectivity index (χ1v) is 8.89. The molecule has 3 heteroatoms. The molecule has 0 saturated heterocycles. The van der Waals surface area contributed by atoms with Gasteiger partial charge in [0.15, 0.2) is 0 Å². The maximum absolute atomic E-state index is 11.2. The minimum absolute atomic E-state index is 0.0107. The monoisotopic (exact) mass is 317 g/mol. The van der Waals surface area contributed by atoms with Crippen molar-refractivity contribution in [2.24, 2.45) is 5.18 Å². The molecule has 0 heterocycles. The molecule has 1 rings (SSSR count). The molecule has 1 aromatic rings. The van der Waals surface area contributed by atoms with Gasteiger partial charge in [0.05, 0.1) is 0 Å². The summed E-state index contributed by atoms with van der Waals surface area (Å²) >= 11 is 0. The average molecular weight is 317 g/mol. The second-order valence-corrected chi connectivity index (χ2v) is 6.50. The first kappa shape index (κ1) is 19.4. The third-order valence-corrected chi connectivity index (χ3v) is 4.25. The molecule has 1 atom stereocenters. The fraction of sp³-hybridized carbons (Fsp3) is 0.600.